The molecule has 39 heavy (non-hydrogen) atoms. The van der Waals surface area contributed by atoms with Crippen LogP contribution in [0.3, 0.4) is 0 Å². The largest absolute Gasteiger partial charge is 0.385 e. The zero-order valence-corrected chi connectivity index (χ0v) is 23.9. The maximum atomic E-state index is 13.5. The van der Waals surface area contributed by atoms with Crippen LogP contribution in [-0.4, -0.2) is 42.7 Å². The van der Waals surface area contributed by atoms with E-state index in [-0.39, 0.29) is 11.8 Å². The average Bonchev–Trinajstić information content (AvgIpc) is 2.97. The Hall–Kier alpha value is -2.70. The van der Waals surface area contributed by atoms with E-state index in [2.05, 4.69) is 19.1 Å². The van der Waals surface area contributed by atoms with Crippen LogP contribution in [0.25, 0.3) is 0 Å². The molecule has 1 amide bonds. The van der Waals surface area contributed by atoms with Crippen molar-refractivity contribution in [2.75, 3.05) is 26.8 Å². The molecule has 1 fully saturated rings. The molecule has 208 valence electrons. The maximum absolute atomic E-state index is 13.5. The topological polar surface area (TPSA) is 75.8 Å². The van der Waals surface area contributed by atoms with Crippen molar-refractivity contribution >= 4 is 17.5 Å². The molecule has 0 bridgehead atoms. The second-order valence-corrected chi connectivity index (χ2v) is 11.1. The Kier molecular flexibility index (Phi) is 10.2. The van der Waals surface area contributed by atoms with Gasteiger partial charge in [0.25, 0.3) is 5.91 Å². The lowest BCUT2D eigenvalue weighted by molar-refractivity contribution is -0.0583. The Balaban J connectivity index is 1.67. The number of aryl methyl sites for hydroxylation is 1. The lowest BCUT2D eigenvalue weighted by atomic mass is 9.72. The Morgan fingerprint density at radius 1 is 1.10 bits per heavy atom. The molecule has 1 heterocycles. The molecule has 3 N–H and O–H groups in total. The number of nitrogens with zero attached hydrogens (tertiary/aromatic N) is 1. The zero-order valence-electron chi connectivity index (χ0n) is 23.2. The van der Waals surface area contributed by atoms with Crippen molar-refractivity contribution in [1.29, 1.82) is 0 Å². The number of hydrogen-bond donors (Lipinski definition) is 2. The molecule has 1 saturated heterocycles. The molecular weight excluding hydrogens is 508 g/mol. The summed E-state index contributed by atoms with van der Waals surface area (Å²) in [5, 5.41) is 13.3. The van der Waals surface area contributed by atoms with Gasteiger partial charge in [0.15, 0.2) is 0 Å². The first-order valence-corrected chi connectivity index (χ1v) is 14.4. The molecule has 2 atom stereocenters. The van der Waals surface area contributed by atoms with Gasteiger partial charge in [-0.25, -0.2) is 0 Å². The van der Waals surface area contributed by atoms with Gasteiger partial charge in [-0.3, -0.25) is 4.79 Å². The van der Waals surface area contributed by atoms with E-state index in [0.29, 0.717) is 49.7 Å². The van der Waals surface area contributed by atoms with Crippen molar-refractivity contribution in [2.45, 2.75) is 57.6 Å². The van der Waals surface area contributed by atoms with Crippen LogP contribution in [0.15, 0.2) is 66.7 Å². The van der Waals surface area contributed by atoms with Crippen LogP contribution in [0.1, 0.15) is 70.3 Å². The molecule has 0 aromatic heterocycles. The number of unbranched alkanes of at least 4 members (excludes halogenated alkanes) is 1. The van der Waals surface area contributed by atoms with Crippen molar-refractivity contribution < 1.29 is 14.6 Å². The van der Waals surface area contributed by atoms with E-state index in [9.17, 15) is 9.90 Å². The minimum absolute atomic E-state index is 0.00349. The molecule has 0 spiro atoms. The van der Waals surface area contributed by atoms with E-state index in [1.54, 1.807) is 7.11 Å². The summed E-state index contributed by atoms with van der Waals surface area (Å²) in [4.78, 5) is 15.4. The Labute approximate surface area is 237 Å². The number of aliphatic hydroxyl groups is 1. The van der Waals surface area contributed by atoms with Gasteiger partial charge in [0.05, 0.1) is 5.60 Å². The number of methoxy groups -OCH3 is 1. The first-order valence-electron chi connectivity index (χ1n) is 14.0. The monoisotopic (exact) mass is 548 g/mol. The van der Waals surface area contributed by atoms with E-state index >= 15 is 0 Å². The number of halogens is 1. The number of likely N-dealkylation sites (tertiary alicyclic amines) is 1. The van der Waals surface area contributed by atoms with E-state index in [4.69, 9.17) is 22.1 Å². The fourth-order valence-corrected chi connectivity index (χ4v) is 6.10. The van der Waals surface area contributed by atoms with E-state index < -0.39 is 5.60 Å². The van der Waals surface area contributed by atoms with Gasteiger partial charge >= 0.3 is 0 Å². The number of nitrogens with two attached hydrogens (primary N) is 1. The number of carbonyl (C=O) groups is 1. The lowest BCUT2D eigenvalue weighted by Crippen LogP contribution is -2.48. The van der Waals surface area contributed by atoms with Gasteiger partial charge in [0.1, 0.15) is 0 Å². The Morgan fingerprint density at radius 2 is 1.87 bits per heavy atom. The normalized spacial score (nSPS) is 17.2. The summed E-state index contributed by atoms with van der Waals surface area (Å²) < 4.78 is 5.29. The maximum Gasteiger partial charge on any atom is 0.253 e. The van der Waals surface area contributed by atoms with Crippen molar-refractivity contribution in [3.63, 3.8) is 0 Å². The van der Waals surface area contributed by atoms with Crippen LogP contribution in [0.4, 0.5) is 0 Å². The minimum atomic E-state index is -1.13. The predicted molar refractivity (Wildman–Crippen MR) is 158 cm³/mol. The van der Waals surface area contributed by atoms with E-state index in [1.807, 2.05) is 59.5 Å². The zero-order chi connectivity index (χ0) is 27.8. The van der Waals surface area contributed by atoms with Crippen molar-refractivity contribution in [3.8, 4) is 0 Å². The van der Waals surface area contributed by atoms with Crippen molar-refractivity contribution in [3.05, 3.63) is 105 Å². The quantitative estimate of drug-likeness (QED) is 0.277. The summed E-state index contributed by atoms with van der Waals surface area (Å²) in [5.74, 6) is -0.119. The summed E-state index contributed by atoms with van der Waals surface area (Å²) in [6.07, 6.45) is 4.57. The van der Waals surface area contributed by atoms with Crippen molar-refractivity contribution in [2.24, 2.45) is 11.7 Å². The smallest absolute Gasteiger partial charge is 0.253 e. The van der Waals surface area contributed by atoms with Crippen LogP contribution in [0.5, 0.6) is 0 Å². The molecule has 0 aliphatic carbocycles. The van der Waals surface area contributed by atoms with Gasteiger partial charge in [-0.05, 0) is 91.5 Å². The first kappa shape index (κ1) is 29.3. The third-order valence-corrected chi connectivity index (χ3v) is 8.54. The lowest BCUT2D eigenvalue weighted by Gasteiger charge is -2.44. The highest BCUT2D eigenvalue weighted by atomic mass is 35.5. The average molecular weight is 549 g/mol. The van der Waals surface area contributed by atoms with Gasteiger partial charge in [-0.15, -0.1) is 0 Å². The molecule has 5 nitrogen and oxygen atoms in total. The van der Waals surface area contributed by atoms with Gasteiger partial charge in [0.2, 0.25) is 0 Å². The summed E-state index contributed by atoms with van der Waals surface area (Å²) >= 11 is 6.84. The van der Waals surface area contributed by atoms with Crippen LogP contribution >= 0.6 is 11.6 Å². The highest BCUT2D eigenvalue weighted by Gasteiger charge is 2.42. The Morgan fingerprint density at radius 3 is 2.59 bits per heavy atom. The molecule has 1 aliphatic rings. The number of benzene rings is 3. The Bertz CT molecular complexity index is 1250. The highest BCUT2D eigenvalue weighted by Crippen LogP contribution is 2.43. The van der Waals surface area contributed by atoms with Gasteiger partial charge in [0, 0.05) is 49.9 Å². The number of rotatable bonds is 11. The van der Waals surface area contributed by atoms with Crippen LogP contribution in [0, 0.1) is 12.8 Å². The molecular formula is C33H41ClN2O3. The summed E-state index contributed by atoms with van der Waals surface area (Å²) in [7, 11) is 1.70. The highest BCUT2D eigenvalue weighted by molar-refractivity contribution is 6.31. The number of piperidine rings is 1. The second kappa shape index (κ2) is 13.6. The number of amides is 1. The van der Waals surface area contributed by atoms with Crippen LogP contribution in [-0.2, 0) is 23.3 Å². The van der Waals surface area contributed by atoms with E-state index in [0.717, 1.165) is 42.4 Å². The fourth-order valence-electron chi connectivity index (χ4n) is 5.86. The predicted octanol–water partition coefficient (Wildman–Crippen LogP) is 6.25. The second-order valence-electron chi connectivity index (χ2n) is 10.7. The summed E-state index contributed by atoms with van der Waals surface area (Å²) in [5.41, 5.74) is 10.5. The van der Waals surface area contributed by atoms with Crippen LogP contribution < -0.4 is 5.73 Å². The van der Waals surface area contributed by atoms with Gasteiger partial charge in [-0.2, -0.15) is 0 Å². The van der Waals surface area contributed by atoms with Gasteiger partial charge in [-0.1, -0.05) is 60.1 Å². The van der Waals surface area contributed by atoms with E-state index in [1.165, 1.54) is 11.1 Å². The number of hydrogen-bond acceptors (Lipinski definition) is 4. The summed E-state index contributed by atoms with van der Waals surface area (Å²) in [6.45, 7) is 4.37. The number of ether oxygens (including phenoxy) is 1. The molecule has 4 rings (SSSR count). The molecule has 1 unspecified atom stereocenters. The third-order valence-electron chi connectivity index (χ3n) is 8.19. The van der Waals surface area contributed by atoms with Crippen LogP contribution in [0.2, 0.25) is 5.02 Å². The first-order chi connectivity index (χ1) is 18.9. The fraction of sp³-hybridized carbons (Fsp3) is 0.424. The molecule has 3 aromatic carbocycles. The third kappa shape index (κ3) is 6.90. The number of carbonyl (C=O) groups excluding carboxylic acids is 1. The summed E-state index contributed by atoms with van der Waals surface area (Å²) in [6, 6.07) is 21.7. The standard InChI is InChI=1S/C33H41ClN2O3/c1-24-9-3-4-10-27(24)21-29-30(12-7-13-31(29)34)33(38,18-5-6-20-39-2)28-11-8-19-36(23-28)32(37)26-16-14-25(22-35)15-17-26/h3-4,7,9-10,12-17,28,38H,5-6,8,11,18-23,35H2,1-2H3/t28?,33-/m0/s1. The molecule has 3 aromatic rings. The molecule has 6 heteroatoms. The molecule has 0 radical (unpaired) electrons. The molecule has 1 aliphatic heterocycles. The van der Waals surface area contributed by atoms with Gasteiger partial charge < -0.3 is 20.5 Å². The molecule has 0 saturated carbocycles. The minimum Gasteiger partial charge on any atom is -0.385 e. The van der Waals surface area contributed by atoms with Crippen molar-refractivity contribution in [1.82, 2.24) is 4.90 Å². The SMILES string of the molecule is COCCCC[C@@](O)(c1cccc(Cl)c1Cc1ccccc1C)C1CCCN(C(=O)c2ccc(CN)cc2)C1.